The molecule has 0 spiro atoms. The van der Waals surface area contributed by atoms with Crippen LogP contribution < -0.4 is 9.64 Å². The zero-order valence-corrected chi connectivity index (χ0v) is 9.26. The highest BCUT2D eigenvalue weighted by atomic mass is 35.5. The summed E-state index contributed by atoms with van der Waals surface area (Å²) in [5, 5.41) is -0.0730. The third-order valence-electron chi connectivity index (χ3n) is 1.77. The number of nitrogens with zero attached hydrogens (tertiary/aromatic N) is 1. The first-order chi connectivity index (χ1) is 6.56. The van der Waals surface area contributed by atoms with Gasteiger partial charge < -0.3 is 4.74 Å². The molecule has 0 fully saturated rings. The highest BCUT2D eigenvalue weighted by Crippen LogP contribution is 2.30. The van der Waals surface area contributed by atoms with Crippen LogP contribution in [0.4, 0.5) is 10.5 Å². The summed E-state index contributed by atoms with van der Waals surface area (Å²) >= 11 is 11.1. The molecule has 0 atom stereocenters. The van der Waals surface area contributed by atoms with E-state index in [2.05, 4.69) is 0 Å². The summed E-state index contributed by atoms with van der Waals surface area (Å²) in [4.78, 5) is 12.2. The lowest BCUT2D eigenvalue weighted by Crippen LogP contribution is -2.20. The van der Waals surface area contributed by atoms with Crippen molar-refractivity contribution in [1.82, 2.24) is 0 Å². The number of halogens is 2. The summed E-state index contributed by atoms with van der Waals surface area (Å²) in [6.07, 6.45) is 0. The van der Waals surface area contributed by atoms with Crippen LogP contribution in [0.15, 0.2) is 18.2 Å². The Morgan fingerprint density at radius 2 is 2.14 bits per heavy atom. The van der Waals surface area contributed by atoms with E-state index >= 15 is 0 Å². The maximum absolute atomic E-state index is 10.9. The van der Waals surface area contributed by atoms with Crippen molar-refractivity contribution in [2.75, 3.05) is 19.1 Å². The maximum atomic E-state index is 10.9. The fourth-order valence-electron chi connectivity index (χ4n) is 1.02. The summed E-state index contributed by atoms with van der Waals surface area (Å²) in [6, 6.07) is 4.96. The van der Waals surface area contributed by atoms with E-state index in [1.54, 1.807) is 25.2 Å². The van der Waals surface area contributed by atoms with Gasteiger partial charge in [-0.1, -0.05) is 11.6 Å². The molecule has 1 aromatic carbocycles. The summed E-state index contributed by atoms with van der Waals surface area (Å²) in [5.74, 6) is 0.547. The number of methoxy groups -OCH3 is 1. The van der Waals surface area contributed by atoms with Crippen molar-refractivity contribution < 1.29 is 9.53 Å². The molecule has 0 radical (unpaired) electrons. The summed E-state index contributed by atoms with van der Waals surface area (Å²) in [5.41, 5.74) is 0.542. The van der Waals surface area contributed by atoms with Crippen molar-refractivity contribution in [1.29, 1.82) is 0 Å². The zero-order chi connectivity index (χ0) is 10.7. The molecule has 0 aliphatic heterocycles. The third-order valence-corrected chi connectivity index (χ3v) is 2.25. The van der Waals surface area contributed by atoms with Crippen molar-refractivity contribution in [2.24, 2.45) is 0 Å². The van der Waals surface area contributed by atoms with Crippen molar-refractivity contribution in [2.45, 2.75) is 0 Å². The van der Waals surface area contributed by atoms with Crippen molar-refractivity contribution in [3.05, 3.63) is 23.2 Å². The first-order valence-electron chi connectivity index (χ1n) is 3.83. The van der Waals surface area contributed by atoms with Gasteiger partial charge in [0.2, 0.25) is 0 Å². The van der Waals surface area contributed by atoms with Crippen LogP contribution in [-0.4, -0.2) is 19.5 Å². The van der Waals surface area contributed by atoms with Crippen LogP contribution in [0.5, 0.6) is 5.75 Å². The quantitative estimate of drug-likeness (QED) is 0.581. The Kier molecular flexibility index (Phi) is 3.61. The number of hydrogen-bond donors (Lipinski definition) is 0. The predicted octanol–water partition coefficient (Wildman–Crippen LogP) is 3.14. The number of amides is 1. The normalized spacial score (nSPS) is 9.71. The van der Waals surface area contributed by atoms with Gasteiger partial charge in [0, 0.05) is 12.1 Å². The molecule has 5 heteroatoms. The molecule has 0 heterocycles. The fraction of sp³-hybridized carbons (Fsp3) is 0.222. The molecular formula is C9H9Cl2NO2. The summed E-state index contributed by atoms with van der Waals surface area (Å²) in [7, 11) is 3.06. The lowest BCUT2D eigenvalue weighted by atomic mass is 10.3. The van der Waals surface area contributed by atoms with Gasteiger partial charge in [-0.05, 0) is 29.8 Å². The van der Waals surface area contributed by atoms with Gasteiger partial charge in [-0.3, -0.25) is 9.69 Å². The second-order valence-electron chi connectivity index (χ2n) is 2.63. The van der Waals surface area contributed by atoms with Crippen LogP contribution in [0, 0.1) is 0 Å². The van der Waals surface area contributed by atoms with Crippen LogP contribution in [-0.2, 0) is 0 Å². The van der Waals surface area contributed by atoms with Crippen molar-refractivity contribution >= 4 is 34.3 Å². The Morgan fingerprint density at radius 3 is 2.64 bits per heavy atom. The molecule has 0 aliphatic carbocycles. The topological polar surface area (TPSA) is 29.5 Å². The van der Waals surface area contributed by atoms with E-state index in [1.807, 2.05) is 0 Å². The number of ether oxygens (including phenoxy) is 1. The third kappa shape index (κ3) is 2.30. The molecule has 3 nitrogen and oxygen atoms in total. The van der Waals surface area contributed by atoms with Crippen molar-refractivity contribution in [3.8, 4) is 5.75 Å². The van der Waals surface area contributed by atoms with E-state index in [0.717, 1.165) is 0 Å². The van der Waals surface area contributed by atoms with E-state index < -0.39 is 5.37 Å². The number of carbonyl (C=O) groups excluding carboxylic acids is 1. The lowest BCUT2D eigenvalue weighted by Gasteiger charge is -2.16. The highest BCUT2D eigenvalue weighted by Gasteiger charge is 2.13. The monoisotopic (exact) mass is 233 g/mol. The maximum Gasteiger partial charge on any atom is 0.320 e. The smallest absolute Gasteiger partial charge is 0.320 e. The Hall–Kier alpha value is -0.930. The van der Waals surface area contributed by atoms with Crippen LogP contribution in [0.2, 0.25) is 5.02 Å². The first-order valence-corrected chi connectivity index (χ1v) is 4.58. The van der Waals surface area contributed by atoms with Gasteiger partial charge in [0.05, 0.1) is 12.8 Å². The average molecular weight is 234 g/mol. The molecule has 1 aromatic rings. The zero-order valence-electron chi connectivity index (χ0n) is 7.75. The molecule has 0 bridgehead atoms. The molecular weight excluding hydrogens is 225 g/mol. The second-order valence-corrected chi connectivity index (χ2v) is 3.39. The molecule has 1 amide bonds. The van der Waals surface area contributed by atoms with E-state index in [-0.39, 0.29) is 0 Å². The van der Waals surface area contributed by atoms with Gasteiger partial charge in [0.15, 0.2) is 0 Å². The van der Waals surface area contributed by atoms with Crippen LogP contribution in [0.1, 0.15) is 0 Å². The minimum absolute atomic E-state index is 0.519. The van der Waals surface area contributed by atoms with E-state index in [1.165, 1.54) is 12.0 Å². The highest BCUT2D eigenvalue weighted by molar-refractivity contribution is 6.66. The van der Waals surface area contributed by atoms with Gasteiger partial charge in [-0.15, -0.1) is 0 Å². The number of rotatable bonds is 2. The molecule has 0 saturated heterocycles. The number of carbonyl (C=O) groups is 1. The molecule has 0 N–H and O–H groups in total. The molecule has 0 unspecified atom stereocenters. The Labute approximate surface area is 92.2 Å². The Balaban J connectivity index is 3.16. The van der Waals surface area contributed by atoms with Crippen LogP contribution >= 0.6 is 23.2 Å². The molecule has 76 valence electrons. The SMILES string of the molecule is COc1ccc(Cl)cc1N(C)C(=O)Cl. The average Bonchev–Trinajstić information content (AvgIpc) is 2.16. The minimum atomic E-state index is -0.592. The molecule has 0 saturated carbocycles. The second kappa shape index (κ2) is 4.53. The van der Waals surface area contributed by atoms with E-state index in [4.69, 9.17) is 27.9 Å². The van der Waals surface area contributed by atoms with Crippen molar-refractivity contribution in [3.63, 3.8) is 0 Å². The largest absolute Gasteiger partial charge is 0.495 e. The molecule has 0 aliphatic rings. The Bertz CT molecular complexity index is 355. The standard InChI is InChI=1S/C9H9Cl2NO2/c1-12(9(11)13)7-5-6(10)3-4-8(7)14-2/h3-5H,1-2H3. The van der Waals surface area contributed by atoms with Gasteiger partial charge in [-0.2, -0.15) is 0 Å². The van der Waals surface area contributed by atoms with Gasteiger partial charge in [0.25, 0.3) is 0 Å². The Morgan fingerprint density at radius 1 is 1.50 bits per heavy atom. The lowest BCUT2D eigenvalue weighted by molar-refractivity contribution is 0.265. The first kappa shape index (κ1) is 11.1. The summed E-state index contributed by atoms with van der Waals surface area (Å²) in [6.45, 7) is 0. The van der Waals surface area contributed by atoms with Gasteiger partial charge in [-0.25, -0.2) is 0 Å². The van der Waals surface area contributed by atoms with Crippen LogP contribution in [0.3, 0.4) is 0 Å². The summed E-state index contributed by atoms with van der Waals surface area (Å²) < 4.78 is 5.06. The number of anilines is 1. The number of benzene rings is 1. The molecule has 1 rings (SSSR count). The molecule has 14 heavy (non-hydrogen) atoms. The van der Waals surface area contributed by atoms with E-state index in [9.17, 15) is 4.79 Å². The van der Waals surface area contributed by atoms with E-state index in [0.29, 0.717) is 16.5 Å². The predicted molar refractivity (Wildman–Crippen MR) is 57.7 cm³/mol. The fourth-order valence-corrected chi connectivity index (χ4v) is 1.28. The minimum Gasteiger partial charge on any atom is -0.495 e. The van der Waals surface area contributed by atoms with Gasteiger partial charge in [0.1, 0.15) is 5.75 Å². The van der Waals surface area contributed by atoms with Gasteiger partial charge >= 0.3 is 5.37 Å². The molecule has 0 aromatic heterocycles. The number of hydrogen-bond acceptors (Lipinski definition) is 2. The van der Waals surface area contributed by atoms with Crippen LogP contribution in [0.25, 0.3) is 0 Å².